The summed E-state index contributed by atoms with van der Waals surface area (Å²) in [7, 11) is 0. The van der Waals surface area contributed by atoms with E-state index in [4.69, 9.17) is 15.9 Å². The van der Waals surface area contributed by atoms with Gasteiger partial charge in [0.15, 0.2) is 5.88 Å². The third-order valence-corrected chi connectivity index (χ3v) is 3.99. The first-order valence-electron chi connectivity index (χ1n) is 7.63. The minimum absolute atomic E-state index is 0.116. The standard InChI is InChI=1S/C17H18F3N3O/c1-2-3-10-8-12-14(6-5-13(21)16(12)17(18,19)20)23(10)9-11-4-7-15(22)24-11/h4-8H,2-3,9,21-22H2,1H3. The van der Waals surface area contributed by atoms with Gasteiger partial charge in [-0.3, -0.25) is 0 Å². The summed E-state index contributed by atoms with van der Waals surface area (Å²) in [4.78, 5) is 0. The van der Waals surface area contributed by atoms with E-state index < -0.39 is 11.7 Å². The van der Waals surface area contributed by atoms with Crippen LogP contribution in [0.25, 0.3) is 10.9 Å². The fourth-order valence-electron chi connectivity index (χ4n) is 3.01. The Bertz CT molecular complexity index is 877. The molecule has 4 nitrogen and oxygen atoms in total. The van der Waals surface area contributed by atoms with Crippen LogP contribution in [0.5, 0.6) is 0 Å². The maximum atomic E-state index is 13.4. The van der Waals surface area contributed by atoms with E-state index in [0.717, 1.165) is 12.1 Å². The van der Waals surface area contributed by atoms with Crippen LogP contribution in [0.3, 0.4) is 0 Å². The van der Waals surface area contributed by atoms with E-state index in [1.165, 1.54) is 6.07 Å². The van der Waals surface area contributed by atoms with E-state index in [1.807, 2.05) is 11.5 Å². The van der Waals surface area contributed by atoms with Gasteiger partial charge >= 0.3 is 6.18 Å². The van der Waals surface area contributed by atoms with Crippen molar-refractivity contribution >= 4 is 22.5 Å². The number of nitrogens with two attached hydrogens (primary N) is 2. The van der Waals surface area contributed by atoms with Crippen molar-refractivity contribution in [2.75, 3.05) is 11.5 Å². The number of hydrogen-bond acceptors (Lipinski definition) is 3. The number of aryl methyl sites for hydroxylation is 1. The van der Waals surface area contributed by atoms with E-state index in [9.17, 15) is 13.2 Å². The summed E-state index contributed by atoms with van der Waals surface area (Å²) in [5.41, 5.74) is 11.4. The monoisotopic (exact) mass is 337 g/mol. The highest BCUT2D eigenvalue weighted by atomic mass is 19.4. The quantitative estimate of drug-likeness (QED) is 0.693. The van der Waals surface area contributed by atoms with Crippen LogP contribution in [0.1, 0.15) is 30.4 Å². The number of aromatic nitrogens is 1. The molecule has 0 unspecified atom stereocenters. The number of nitrogen functional groups attached to an aromatic ring is 2. The van der Waals surface area contributed by atoms with Crippen molar-refractivity contribution in [3.63, 3.8) is 0 Å². The van der Waals surface area contributed by atoms with Crippen molar-refractivity contribution in [1.82, 2.24) is 4.57 Å². The van der Waals surface area contributed by atoms with Gasteiger partial charge in [0.05, 0.1) is 12.1 Å². The fourth-order valence-corrected chi connectivity index (χ4v) is 3.01. The molecule has 3 rings (SSSR count). The van der Waals surface area contributed by atoms with Gasteiger partial charge in [-0.05, 0) is 30.7 Å². The van der Waals surface area contributed by atoms with Gasteiger partial charge < -0.3 is 20.5 Å². The molecule has 1 aromatic carbocycles. The van der Waals surface area contributed by atoms with E-state index >= 15 is 0 Å². The first-order valence-corrected chi connectivity index (χ1v) is 7.63. The van der Waals surface area contributed by atoms with Crippen molar-refractivity contribution in [2.24, 2.45) is 0 Å². The lowest BCUT2D eigenvalue weighted by Crippen LogP contribution is -2.10. The molecule has 0 atom stereocenters. The highest BCUT2D eigenvalue weighted by Gasteiger charge is 2.36. The zero-order valence-electron chi connectivity index (χ0n) is 13.2. The zero-order chi connectivity index (χ0) is 17.5. The van der Waals surface area contributed by atoms with Crippen LogP contribution in [0.15, 0.2) is 34.7 Å². The lowest BCUT2D eigenvalue weighted by molar-refractivity contribution is -0.135. The van der Waals surface area contributed by atoms with Gasteiger partial charge in [0.1, 0.15) is 5.76 Å². The number of anilines is 2. The van der Waals surface area contributed by atoms with Gasteiger partial charge in [-0.25, -0.2) is 0 Å². The second-order valence-corrected chi connectivity index (χ2v) is 5.74. The topological polar surface area (TPSA) is 70.1 Å². The lowest BCUT2D eigenvalue weighted by atomic mass is 10.1. The van der Waals surface area contributed by atoms with E-state index in [2.05, 4.69) is 0 Å². The molecule has 7 heteroatoms. The molecule has 0 bridgehead atoms. The Morgan fingerprint density at radius 2 is 1.88 bits per heavy atom. The molecule has 0 radical (unpaired) electrons. The second kappa shape index (κ2) is 5.81. The number of nitrogens with zero attached hydrogens (tertiary/aromatic N) is 1. The molecule has 2 heterocycles. The molecule has 0 amide bonds. The summed E-state index contributed by atoms with van der Waals surface area (Å²) in [5.74, 6) is 0.867. The van der Waals surface area contributed by atoms with Crippen LogP contribution in [0.4, 0.5) is 24.7 Å². The van der Waals surface area contributed by atoms with Gasteiger partial charge in [-0.1, -0.05) is 13.3 Å². The average molecular weight is 337 g/mol. The highest BCUT2D eigenvalue weighted by Crippen LogP contribution is 2.40. The van der Waals surface area contributed by atoms with Crippen molar-refractivity contribution in [2.45, 2.75) is 32.5 Å². The van der Waals surface area contributed by atoms with Gasteiger partial charge in [-0.15, -0.1) is 0 Å². The summed E-state index contributed by atoms with van der Waals surface area (Å²) in [5, 5.41) is 0.116. The van der Waals surface area contributed by atoms with Crippen LogP contribution < -0.4 is 11.5 Å². The van der Waals surface area contributed by atoms with Gasteiger partial charge in [0.25, 0.3) is 0 Å². The fraction of sp³-hybridized carbons (Fsp3) is 0.294. The van der Waals surface area contributed by atoms with E-state index in [0.29, 0.717) is 24.2 Å². The maximum Gasteiger partial charge on any atom is 0.419 e. The van der Waals surface area contributed by atoms with Gasteiger partial charge in [-0.2, -0.15) is 13.2 Å². The summed E-state index contributed by atoms with van der Waals surface area (Å²) < 4.78 is 47.4. The molecule has 0 aliphatic carbocycles. The maximum absolute atomic E-state index is 13.4. The van der Waals surface area contributed by atoms with Crippen molar-refractivity contribution in [3.05, 3.63) is 47.3 Å². The predicted octanol–water partition coefficient (Wildman–Crippen LogP) is 4.42. The molecule has 4 N–H and O–H groups in total. The molecule has 0 aliphatic heterocycles. The van der Waals surface area contributed by atoms with Gasteiger partial charge in [0, 0.05) is 28.4 Å². The van der Waals surface area contributed by atoms with E-state index in [-0.39, 0.29) is 17.0 Å². The lowest BCUT2D eigenvalue weighted by Gasteiger charge is -2.12. The Labute approximate surface area is 136 Å². The summed E-state index contributed by atoms with van der Waals surface area (Å²) >= 11 is 0. The largest absolute Gasteiger partial charge is 0.444 e. The van der Waals surface area contributed by atoms with Gasteiger partial charge in [0.2, 0.25) is 0 Å². The normalized spacial score (nSPS) is 12.2. The van der Waals surface area contributed by atoms with Crippen LogP contribution in [-0.4, -0.2) is 4.57 Å². The number of alkyl halides is 3. The molecule has 3 aromatic rings. The number of hydrogen-bond donors (Lipinski definition) is 2. The second-order valence-electron chi connectivity index (χ2n) is 5.74. The molecule has 24 heavy (non-hydrogen) atoms. The Kier molecular flexibility index (Phi) is 3.95. The Hall–Kier alpha value is -2.57. The molecule has 128 valence electrons. The average Bonchev–Trinajstić information content (AvgIpc) is 3.03. The summed E-state index contributed by atoms with van der Waals surface area (Å²) in [6.45, 7) is 2.29. The number of benzene rings is 1. The third-order valence-electron chi connectivity index (χ3n) is 3.99. The number of fused-ring (bicyclic) bond motifs is 1. The Balaban J connectivity index is 2.21. The number of rotatable bonds is 4. The molecule has 0 fully saturated rings. The van der Waals surface area contributed by atoms with Crippen LogP contribution >= 0.6 is 0 Å². The van der Waals surface area contributed by atoms with Crippen LogP contribution in [0.2, 0.25) is 0 Å². The Morgan fingerprint density at radius 3 is 2.46 bits per heavy atom. The van der Waals surface area contributed by atoms with Crippen molar-refractivity contribution in [3.8, 4) is 0 Å². The van der Waals surface area contributed by atoms with Crippen molar-refractivity contribution in [1.29, 1.82) is 0 Å². The van der Waals surface area contributed by atoms with Crippen LogP contribution in [-0.2, 0) is 19.1 Å². The highest BCUT2D eigenvalue weighted by molar-refractivity contribution is 5.89. The molecule has 0 saturated heterocycles. The minimum Gasteiger partial charge on any atom is -0.444 e. The number of halogens is 3. The molecular weight excluding hydrogens is 319 g/mol. The van der Waals surface area contributed by atoms with Crippen LogP contribution in [0, 0.1) is 0 Å². The summed E-state index contributed by atoms with van der Waals surface area (Å²) in [6, 6.07) is 7.84. The predicted molar refractivity (Wildman–Crippen MR) is 87.6 cm³/mol. The first kappa shape index (κ1) is 16.3. The van der Waals surface area contributed by atoms with Crippen molar-refractivity contribution < 1.29 is 17.6 Å². The molecule has 0 aliphatic rings. The number of furan rings is 1. The smallest absolute Gasteiger partial charge is 0.419 e. The van der Waals surface area contributed by atoms with E-state index in [1.54, 1.807) is 24.3 Å². The summed E-state index contributed by atoms with van der Waals surface area (Å²) in [6.07, 6.45) is -3.04. The molecule has 0 saturated carbocycles. The molecule has 2 aromatic heterocycles. The first-order chi connectivity index (χ1) is 11.3. The minimum atomic E-state index is -4.51. The Morgan fingerprint density at radius 1 is 1.12 bits per heavy atom. The SMILES string of the molecule is CCCc1cc2c(C(F)(F)F)c(N)ccc2n1Cc1ccc(N)o1. The third kappa shape index (κ3) is 2.81. The molecular formula is C17H18F3N3O. The molecule has 0 spiro atoms. The zero-order valence-corrected chi connectivity index (χ0v) is 13.2.